The van der Waals surface area contributed by atoms with Crippen LogP contribution in [0.15, 0.2) is 29.2 Å². The highest BCUT2D eigenvalue weighted by Crippen LogP contribution is 2.22. The summed E-state index contributed by atoms with van der Waals surface area (Å²) in [4.78, 5) is 1.26. The van der Waals surface area contributed by atoms with E-state index in [1.54, 1.807) is 11.8 Å². The lowest BCUT2D eigenvalue weighted by molar-refractivity contribution is 0.724. The Labute approximate surface area is 96.5 Å². The van der Waals surface area contributed by atoms with Crippen molar-refractivity contribution in [3.63, 3.8) is 0 Å². The fraction of sp³-hybridized carbons (Fsp3) is 0.462. The first-order valence-corrected chi connectivity index (χ1v) is 6.40. The normalized spacial score (nSPS) is 12.1. The molecule has 0 aromatic heterocycles. The third kappa shape index (κ3) is 3.97. The van der Waals surface area contributed by atoms with E-state index in [1.807, 2.05) is 0 Å². The summed E-state index contributed by atoms with van der Waals surface area (Å²) in [5.74, 6) is 1.08. The van der Waals surface area contributed by atoms with Gasteiger partial charge < -0.3 is 0 Å². The predicted octanol–water partition coefficient (Wildman–Crippen LogP) is 3.89. The van der Waals surface area contributed by atoms with Gasteiger partial charge in [0.1, 0.15) is 0 Å². The summed E-state index contributed by atoms with van der Waals surface area (Å²) in [6.07, 6.45) is 2.03. The Kier molecular flexibility index (Phi) is 5.28. The molecule has 1 unspecified atom stereocenters. The van der Waals surface area contributed by atoms with E-state index in [-0.39, 0.29) is 5.92 Å². The molecule has 0 aliphatic carbocycles. The molecule has 0 fully saturated rings. The molecule has 0 spiro atoms. The van der Waals surface area contributed by atoms with E-state index in [0.717, 1.165) is 18.6 Å². The lowest BCUT2D eigenvalue weighted by atomic mass is 10.1. The Morgan fingerprint density at radius 1 is 1.27 bits per heavy atom. The van der Waals surface area contributed by atoms with Gasteiger partial charge in [-0.1, -0.05) is 26.0 Å². The van der Waals surface area contributed by atoms with Crippen molar-refractivity contribution in [1.29, 1.82) is 5.26 Å². The first kappa shape index (κ1) is 12.1. The van der Waals surface area contributed by atoms with E-state index in [2.05, 4.69) is 44.2 Å². The maximum absolute atomic E-state index is 8.82. The monoisotopic (exact) mass is 219 g/mol. The molecule has 0 aliphatic heterocycles. The summed E-state index contributed by atoms with van der Waals surface area (Å²) in [5, 5.41) is 8.82. The van der Waals surface area contributed by atoms with Gasteiger partial charge in [-0.25, -0.2) is 0 Å². The van der Waals surface area contributed by atoms with Crippen LogP contribution in [-0.4, -0.2) is 5.75 Å². The first-order chi connectivity index (χ1) is 7.30. The highest BCUT2D eigenvalue weighted by molar-refractivity contribution is 7.99. The number of rotatable bonds is 5. The molecular weight excluding hydrogens is 202 g/mol. The highest BCUT2D eigenvalue weighted by Gasteiger charge is 2.04. The molecule has 0 bridgehead atoms. The van der Waals surface area contributed by atoms with E-state index in [1.165, 1.54) is 10.5 Å². The molecule has 80 valence electrons. The van der Waals surface area contributed by atoms with Gasteiger partial charge in [0.15, 0.2) is 0 Å². The Bertz CT molecular complexity index is 323. The van der Waals surface area contributed by atoms with Crippen LogP contribution < -0.4 is 0 Å². The largest absolute Gasteiger partial charge is 0.198 e. The number of nitrogens with zero attached hydrogens (tertiary/aromatic N) is 1. The van der Waals surface area contributed by atoms with Crippen molar-refractivity contribution in [2.24, 2.45) is 5.92 Å². The topological polar surface area (TPSA) is 23.8 Å². The molecular formula is C13H17NS. The number of thioether (sulfide) groups is 1. The van der Waals surface area contributed by atoms with Crippen LogP contribution in [0.5, 0.6) is 0 Å². The molecule has 0 saturated carbocycles. The lowest BCUT2D eigenvalue weighted by Gasteiger charge is -2.05. The second-order valence-electron chi connectivity index (χ2n) is 3.54. The third-order valence-corrected chi connectivity index (χ3v) is 3.63. The summed E-state index contributed by atoms with van der Waals surface area (Å²) in [5.41, 5.74) is 1.37. The van der Waals surface area contributed by atoms with Crippen molar-refractivity contribution >= 4 is 11.8 Å². The van der Waals surface area contributed by atoms with E-state index in [4.69, 9.17) is 5.26 Å². The molecule has 1 rings (SSSR count). The van der Waals surface area contributed by atoms with Crippen molar-refractivity contribution in [3.8, 4) is 6.07 Å². The summed E-state index contributed by atoms with van der Waals surface area (Å²) in [6, 6.07) is 10.9. The molecule has 0 heterocycles. The number of hydrogen-bond donors (Lipinski definition) is 0. The second-order valence-corrected chi connectivity index (χ2v) is 4.64. The van der Waals surface area contributed by atoms with Gasteiger partial charge in [-0.3, -0.25) is 0 Å². The SMILES string of the molecule is CCc1ccc(SCC(C#N)CC)cc1. The van der Waals surface area contributed by atoms with Crippen molar-refractivity contribution in [3.05, 3.63) is 29.8 Å². The average Bonchev–Trinajstić information content (AvgIpc) is 2.31. The van der Waals surface area contributed by atoms with Crippen molar-refractivity contribution in [1.82, 2.24) is 0 Å². The van der Waals surface area contributed by atoms with Crippen LogP contribution in [0.3, 0.4) is 0 Å². The summed E-state index contributed by atoms with van der Waals surface area (Å²) >= 11 is 1.77. The first-order valence-electron chi connectivity index (χ1n) is 5.41. The van der Waals surface area contributed by atoms with Gasteiger partial charge in [0.2, 0.25) is 0 Å². The van der Waals surface area contributed by atoms with E-state index in [0.29, 0.717) is 0 Å². The van der Waals surface area contributed by atoms with Crippen molar-refractivity contribution < 1.29 is 0 Å². The van der Waals surface area contributed by atoms with E-state index >= 15 is 0 Å². The predicted molar refractivity (Wildman–Crippen MR) is 65.9 cm³/mol. The van der Waals surface area contributed by atoms with Crippen molar-refractivity contribution in [2.45, 2.75) is 31.6 Å². The highest BCUT2D eigenvalue weighted by atomic mass is 32.2. The van der Waals surface area contributed by atoms with Crippen LogP contribution >= 0.6 is 11.8 Å². The smallest absolute Gasteiger partial charge is 0.0664 e. The zero-order chi connectivity index (χ0) is 11.1. The van der Waals surface area contributed by atoms with Gasteiger partial charge in [-0.15, -0.1) is 11.8 Å². The molecule has 0 N–H and O–H groups in total. The van der Waals surface area contributed by atoms with Gasteiger partial charge >= 0.3 is 0 Å². The fourth-order valence-corrected chi connectivity index (χ4v) is 2.30. The molecule has 1 nitrogen and oxygen atoms in total. The van der Waals surface area contributed by atoms with Gasteiger partial charge in [-0.05, 0) is 30.5 Å². The standard InChI is InChI=1S/C13H17NS/c1-3-11-5-7-13(8-6-11)15-10-12(4-2)9-14/h5-8,12H,3-4,10H2,1-2H3. The van der Waals surface area contributed by atoms with Crippen LogP contribution in [0.4, 0.5) is 0 Å². The molecule has 1 aromatic carbocycles. The van der Waals surface area contributed by atoms with Crippen LogP contribution in [0.1, 0.15) is 25.8 Å². The summed E-state index contributed by atoms with van der Waals surface area (Å²) < 4.78 is 0. The third-order valence-electron chi connectivity index (χ3n) is 2.46. The van der Waals surface area contributed by atoms with Crippen LogP contribution in [0.25, 0.3) is 0 Å². The molecule has 0 saturated heterocycles. The summed E-state index contributed by atoms with van der Waals surface area (Å²) in [6.45, 7) is 4.22. The maximum Gasteiger partial charge on any atom is 0.0664 e. The molecule has 0 aliphatic rings. The van der Waals surface area contributed by atoms with E-state index < -0.39 is 0 Å². The van der Waals surface area contributed by atoms with Crippen LogP contribution in [-0.2, 0) is 6.42 Å². The number of nitriles is 1. The lowest BCUT2D eigenvalue weighted by Crippen LogP contribution is -1.97. The van der Waals surface area contributed by atoms with Crippen LogP contribution in [0, 0.1) is 17.2 Å². The minimum absolute atomic E-state index is 0.181. The Morgan fingerprint density at radius 2 is 1.93 bits per heavy atom. The number of aryl methyl sites for hydroxylation is 1. The van der Waals surface area contributed by atoms with Gasteiger partial charge in [-0.2, -0.15) is 5.26 Å². The molecule has 2 heteroatoms. The van der Waals surface area contributed by atoms with Crippen molar-refractivity contribution in [2.75, 3.05) is 5.75 Å². The van der Waals surface area contributed by atoms with Gasteiger partial charge in [0.25, 0.3) is 0 Å². The molecule has 15 heavy (non-hydrogen) atoms. The second kappa shape index (κ2) is 6.53. The van der Waals surface area contributed by atoms with E-state index in [9.17, 15) is 0 Å². The Morgan fingerprint density at radius 3 is 2.40 bits per heavy atom. The summed E-state index contributed by atoms with van der Waals surface area (Å²) in [7, 11) is 0. The maximum atomic E-state index is 8.82. The number of benzene rings is 1. The minimum Gasteiger partial charge on any atom is -0.198 e. The molecule has 0 radical (unpaired) electrons. The fourth-order valence-electron chi connectivity index (χ4n) is 1.26. The quantitative estimate of drug-likeness (QED) is 0.701. The zero-order valence-electron chi connectivity index (χ0n) is 9.36. The average molecular weight is 219 g/mol. The van der Waals surface area contributed by atoms with Gasteiger partial charge in [0, 0.05) is 10.6 Å². The van der Waals surface area contributed by atoms with Crippen LogP contribution in [0.2, 0.25) is 0 Å². The number of hydrogen-bond acceptors (Lipinski definition) is 2. The Hall–Kier alpha value is -0.940. The minimum atomic E-state index is 0.181. The Balaban J connectivity index is 2.48. The molecule has 0 amide bonds. The molecule has 1 atom stereocenters. The molecule has 1 aromatic rings. The van der Waals surface area contributed by atoms with Gasteiger partial charge in [0.05, 0.1) is 12.0 Å². The zero-order valence-corrected chi connectivity index (χ0v) is 10.2.